The van der Waals surface area contributed by atoms with Crippen molar-refractivity contribution < 1.29 is 9.50 Å². The number of aliphatic hydroxyl groups excluding tert-OH is 1. The van der Waals surface area contributed by atoms with Gasteiger partial charge in [0.1, 0.15) is 5.82 Å². The Kier molecular flexibility index (Phi) is 5.90. The molecule has 0 spiro atoms. The molecule has 0 saturated heterocycles. The lowest BCUT2D eigenvalue weighted by atomic mass is 10.1. The van der Waals surface area contributed by atoms with Crippen LogP contribution in [0.2, 0.25) is 0 Å². The van der Waals surface area contributed by atoms with E-state index in [-0.39, 0.29) is 11.9 Å². The largest absolute Gasteiger partial charge is 0.391 e. The molecule has 2 N–H and O–H groups in total. The van der Waals surface area contributed by atoms with Crippen molar-refractivity contribution in [3.8, 4) is 0 Å². The molecule has 2 aromatic carbocycles. The van der Waals surface area contributed by atoms with Gasteiger partial charge in [0, 0.05) is 12.6 Å². The fourth-order valence-electron chi connectivity index (χ4n) is 2.34. The third-order valence-electron chi connectivity index (χ3n) is 3.47. The van der Waals surface area contributed by atoms with Crippen molar-refractivity contribution >= 4 is 0 Å². The second-order valence-electron chi connectivity index (χ2n) is 5.48. The van der Waals surface area contributed by atoms with Crippen LogP contribution in [0.25, 0.3) is 0 Å². The molecule has 0 aromatic heterocycles. The minimum absolute atomic E-state index is 0.211. The Morgan fingerprint density at radius 1 is 0.952 bits per heavy atom. The number of rotatable bonds is 7. The van der Waals surface area contributed by atoms with Crippen LogP contribution in [0.5, 0.6) is 0 Å². The number of hydrogen-bond donors (Lipinski definition) is 2. The van der Waals surface area contributed by atoms with Crippen LogP contribution in [0.4, 0.5) is 4.39 Å². The molecule has 0 bridgehead atoms. The Hall–Kier alpha value is -1.71. The fourth-order valence-corrected chi connectivity index (χ4v) is 2.34. The van der Waals surface area contributed by atoms with E-state index in [2.05, 4.69) is 12.2 Å². The smallest absolute Gasteiger partial charge is 0.123 e. The van der Waals surface area contributed by atoms with E-state index in [0.717, 1.165) is 17.5 Å². The molecule has 2 unspecified atom stereocenters. The van der Waals surface area contributed by atoms with Gasteiger partial charge in [0.05, 0.1) is 6.10 Å². The summed E-state index contributed by atoms with van der Waals surface area (Å²) in [5, 5.41) is 13.4. The molecule has 2 rings (SSSR count). The summed E-state index contributed by atoms with van der Waals surface area (Å²) in [5.41, 5.74) is 2.23. The van der Waals surface area contributed by atoms with Crippen molar-refractivity contribution in [3.63, 3.8) is 0 Å². The molecular weight excluding hydrogens is 265 g/mol. The quantitative estimate of drug-likeness (QED) is 0.820. The van der Waals surface area contributed by atoms with E-state index >= 15 is 0 Å². The predicted molar refractivity (Wildman–Crippen MR) is 83.7 cm³/mol. The first-order valence-corrected chi connectivity index (χ1v) is 7.33. The zero-order chi connectivity index (χ0) is 15.1. The molecule has 0 radical (unpaired) electrons. The van der Waals surface area contributed by atoms with Gasteiger partial charge in [0.2, 0.25) is 0 Å². The van der Waals surface area contributed by atoms with Crippen LogP contribution >= 0.6 is 0 Å². The molecule has 2 atom stereocenters. The van der Waals surface area contributed by atoms with E-state index in [1.165, 1.54) is 12.1 Å². The zero-order valence-corrected chi connectivity index (χ0v) is 12.3. The number of aliphatic hydroxyl groups is 1. The van der Waals surface area contributed by atoms with E-state index in [0.29, 0.717) is 13.0 Å². The molecule has 3 heteroatoms. The van der Waals surface area contributed by atoms with E-state index < -0.39 is 6.10 Å². The highest BCUT2D eigenvalue weighted by Crippen LogP contribution is 2.06. The molecule has 2 nitrogen and oxygen atoms in total. The standard InChI is InChI=1S/C18H22FNO/c1-14(11-16-7-9-17(19)10-8-16)20-13-18(21)12-15-5-3-2-4-6-15/h2-10,14,18,20-21H,11-13H2,1H3. The van der Waals surface area contributed by atoms with Crippen molar-refractivity contribution in [2.75, 3.05) is 6.54 Å². The Balaban J connectivity index is 1.73. The molecule has 0 aliphatic carbocycles. The molecule has 112 valence electrons. The maximum Gasteiger partial charge on any atom is 0.123 e. The maximum atomic E-state index is 12.8. The van der Waals surface area contributed by atoms with Crippen LogP contribution in [-0.4, -0.2) is 23.8 Å². The number of hydrogen-bond acceptors (Lipinski definition) is 2. The summed E-state index contributed by atoms with van der Waals surface area (Å²) in [7, 11) is 0. The normalized spacial score (nSPS) is 13.9. The molecule has 0 heterocycles. The Morgan fingerprint density at radius 3 is 2.24 bits per heavy atom. The van der Waals surface area contributed by atoms with Gasteiger partial charge in [-0.1, -0.05) is 42.5 Å². The first-order valence-electron chi connectivity index (χ1n) is 7.33. The first kappa shape index (κ1) is 15.7. The lowest BCUT2D eigenvalue weighted by Crippen LogP contribution is -2.35. The minimum atomic E-state index is -0.400. The van der Waals surface area contributed by atoms with Gasteiger partial charge in [-0.05, 0) is 43.0 Å². The van der Waals surface area contributed by atoms with Crippen molar-refractivity contribution in [1.82, 2.24) is 5.32 Å². The lowest BCUT2D eigenvalue weighted by Gasteiger charge is -2.17. The van der Waals surface area contributed by atoms with Gasteiger partial charge in [0.15, 0.2) is 0 Å². The zero-order valence-electron chi connectivity index (χ0n) is 12.3. The summed E-state index contributed by atoms with van der Waals surface area (Å²) in [5.74, 6) is -0.211. The van der Waals surface area contributed by atoms with Crippen LogP contribution in [0.3, 0.4) is 0 Å². The molecule has 0 aliphatic rings. The molecule has 0 saturated carbocycles. The predicted octanol–water partition coefficient (Wildman–Crippen LogP) is 2.95. The maximum absolute atomic E-state index is 12.8. The van der Waals surface area contributed by atoms with Crippen molar-refractivity contribution in [2.24, 2.45) is 0 Å². The van der Waals surface area contributed by atoms with Gasteiger partial charge >= 0.3 is 0 Å². The summed E-state index contributed by atoms with van der Waals surface area (Å²) < 4.78 is 12.8. The van der Waals surface area contributed by atoms with Gasteiger partial charge in [-0.25, -0.2) is 4.39 Å². The fraction of sp³-hybridized carbons (Fsp3) is 0.333. The van der Waals surface area contributed by atoms with Crippen LogP contribution in [0.15, 0.2) is 54.6 Å². The van der Waals surface area contributed by atoms with Crippen molar-refractivity contribution in [1.29, 1.82) is 0 Å². The highest BCUT2D eigenvalue weighted by atomic mass is 19.1. The van der Waals surface area contributed by atoms with Gasteiger partial charge in [-0.2, -0.15) is 0 Å². The van der Waals surface area contributed by atoms with Crippen molar-refractivity contribution in [2.45, 2.75) is 31.9 Å². The molecule has 0 fully saturated rings. The second-order valence-corrected chi connectivity index (χ2v) is 5.48. The van der Waals surface area contributed by atoms with Crippen LogP contribution in [0, 0.1) is 5.82 Å². The third kappa shape index (κ3) is 5.66. The van der Waals surface area contributed by atoms with Gasteiger partial charge in [0.25, 0.3) is 0 Å². The molecule has 0 amide bonds. The van der Waals surface area contributed by atoms with Gasteiger partial charge in [-0.3, -0.25) is 0 Å². The topological polar surface area (TPSA) is 32.3 Å². The SMILES string of the molecule is CC(Cc1ccc(F)cc1)NCC(O)Cc1ccccc1. The first-order chi connectivity index (χ1) is 10.1. The molecule has 21 heavy (non-hydrogen) atoms. The summed E-state index contributed by atoms with van der Waals surface area (Å²) in [6, 6.07) is 16.8. The monoisotopic (exact) mass is 287 g/mol. The van der Waals surface area contributed by atoms with E-state index in [1.54, 1.807) is 12.1 Å². The molecular formula is C18H22FNO. The summed E-state index contributed by atoms with van der Waals surface area (Å²) in [6.45, 7) is 2.62. The number of halogens is 1. The van der Waals surface area contributed by atoms with Crippen LogP contribution in [-0.2, 0) is 12.8 Å². The van der Waals surface area contributed by atoms with E-state index in [4.69, 9.17) is 0 Å². The Bertz CT molecular complexity index is 527. The van der Waals surface area contributed by atoms with E-state index in [9.17, 15) is 9.50 Å². The molecule has 0 aliphatic heterocycles. The summed E-state index contributed by atoms with van der Waals surface area (Å²) >= 11 is 0. The Morgan fingerprint density at radius 2 is 1.57 bits per heavy atom. The third-order valence-corrected chi connectivity index (χ3v) is 3.47. The highest BCUT2D eigenvalue weighted by molar-refractivity contribution is 5.17. The van der Waals surface area contributed by atoms with Crippen molar-refractivity contribution in [3.05, 3.63) is 71.5 Å². The number of nitrogens with one attached hydrogen (secondary N) is 1. The van der Waals surface area contributed by atoms with Gasteiger partial charge < -0.3 is 10.4 Å². The second kappa shape index (κ2) is 7.91. The summed E-state index contributed by atoms with van der Waals surface area (Å²) in [4.78, 5) is 0. The number of benzene rings is 2. The average molecular weight is 287 g/mol. The van der Waals surface area contributed by atoms with Crippen LogP contribution in [0.1, 0.15) is 18.1 Å². The van der Waals surface area contributed by atoms with Crippen LogP contribution < -0.4 is 5.32 Å². The Labute approximate surface area is 125 Å². The summed E-state index contributed by atoms with van der Waals surface area (Å²) in [6.07, 6.45) is 1.07. The average Bonchev–Trinajstić information content (AvgIpc) is 2.49. The minimum Gasteiger partial charge on any atom is -0.391 e. The van der Waals surface area contributed by atoms with Gasteiger partial charge in [-0.15, -0.1) is 0 Å². The molecule has 2 aromatic rings. The lowest BCUT2D eigenvalue weighted by molar-refractivity contribution is 0.168. The highest BCUT2D eigenvalue weighted by Gasteiger charge is 2.08. The van der Waals surface area contributed by atoms with E-state index in [1.807, 2.05) is 30.3 Å².